The van der Waals surface area contributed by atoms with E-state index < -0.39 is 10.0 Å². The molecule has 0 fully saturated rings. The van der Waals surface area contributed by atoms with Gasteiger partial charge in [0.2, 0.25) is 10.0 Å². The largest absolute Gasteiger partial charge is 0.395 e. The highest BCUT2D eigenvalue weighted by atomic mass is 32.2. The highest BCUT2D eigenvalue weighted by molar-refractivity contribution is 7.89. The molecule has 0 unspecified atom stereocenters. The highest BCUT2D eigenvalue weighted by Crippen LogP contribution is 1.84. The van der Waals surface area contributed by atoms with Crippen molar-refractivity contribution in [3.63, 3.8) is 0 Å². The van der Waals surface area contributed by atoms with Crippen molar-refractivity contribution >= 4 is 10.0 Å². The molecule has 0 aromatic heterocycles. The third-order valence-corrected chi connectivity index (χ3v) is 2.32. The Kier molecular flexibility index (Phi) is 5.39. The van der Waals surface area contributed by atoms with Gasteiger partial charge < -0.3 is 5.11 Å². The minimum Gasteiger partial charge on any atom is -0.395 e. The molecule has 0 aromatic carbocycles. The van der Waals surface area contributed by atoms with E-state index in [1.807, 2.05) is 0 Å². The molecule has 12 heavy (non-hydrogen) atoms. The Labute approximate surface area is 70.1 Å². The van der Waals surface area contributed by atoms with E-state index in [1.54, 1.807) is 0 Å². The molecule has 0 bridgehead atoms. The minimum absolute atomic E-state index is 0.0153. The first-order valence-corrected chi connectivity index (χ1v) is 4.86. The second-order valence-corrected chi connectivity index (χ2v) is 3.82. The van der Waals surface area contributed by atoms with Crippen LogP contribution < -0.4 is 4.72 Å². The maximum atomic E-state index is 10.9. The number of azide groups is 1. The van der Waals surface area contributed by atoms with E-state index >= 15 is 0 Å². The topological polar surface area (TPSA) is 115 Å². The summed E-state index contributed by atoms with van der Waals surface area (Å²) in [4.78, 5) is 2.40. The van der Waals surface area contributed by atoms with Gasteiger partial charge in [0, 0.05) is 18.0 Å². The second-order valence-electron chi connectivity index (χ2n) is 1.89. The Morgan fingerprint density at radius 2 is 2.25 bits per heavy atom. The molecule has 0 amide bonds. The van der Waals surface area contributed by atoms with Crippen molar-refractivity contribution in [1.29, 1.82) is 0 Å². The number of aliphatic hydroxyl groups excluding tert-OH is 1. The molecule has 0 saturated heterocycles. The molecule has 0 saturated carbocycles. The molecular weight excluding hydrogens is 184 g/mol. The van der Waals surface area contributed by atoms with Crippen LogP contribution in [-0.2, 0) is 10.0 Å². The fraction of sp³-hybridized carbons (Fsp3) is 1.00. The van der Waals surface area contributed by atoms with Gasteiger partial charge in [0.15, 0.2) is 0 Å². The van der Waals surface area contributed by atoms with Gasteiger partial charge in [-0.3, -0.25) is 0 Å². The number of aliphatic hydroxyl groups is 1. The lowest BCUT2D eigenvalue weighted by molar-refractivity contribution is 0.301. The van der Waals surface area contributed by atoms with Gasteiger partial charge in [-0.2, -0.15) is 0 Å². The van der Waals surface area contributed by atoms with Crippen LogP contribution in [0.3, 0.4) is 0 Å². The van der Waals surface area contributed by atoms with Crippen LogP contribution in [0.4, 0.5) is 0 Å². The fourth-order valence-corrected chi connectivity index (χ4v) is 1.35. The molecule has 0 spiro atoms. The van der Waals surface area contributed by atoms with Crippen LogP contribution in [0, 0.1) is 0 Å². The first-order valence-electron chi connectivity index (χ1n) is 3.21. The van der Waals surface area contributed by atoms with E-state index in [0.29, 0.717) is 0 Å². The first-order chi connectivity index (χ1) is 5.62. The average molecular weight is 194 g/mol. The summed E-state index contributed by atoms with van der Waals surface area (Å²) in [5.41, 5.74) is 7.84. The van der Waals surface area contributed by atoms with Crippen LogP contribution in [0.25, 0.3) is 10.4 Å². The zero-order valence-corrected chi connectivity index (χ0v) is 7.16. The third-order valence-electron chi connectivity index (χ3n) is 0.957. The molecule has 0 aliphatic heterocycles. The van der Waals surface area contributed by atoms with Gasteiger partial charge in [0.25, 0.3) is 0 Å². The molecule has 8 heteroatoms. The number of nitrogens with zero attached hydrogens (tertiary/aromatic N) is 3. The van der Waals surface area contributed by atoms with E-state index in [4.69, 9.17) is 10.6 Å². The van der Waals surface area contributed by atoms with Gasteiger partial charge in [0.1, 0.15) is 0 Å². The molecule has 0 atom stereocenters. The van der Waals surface area contributed by atoms with Crippen LogP contribution in [-0.4, -0.2) is 39.0 Å². The fourth-order valence-electron chi connectivity index (χ4n) is 0.479. The van der Waals surface area contributed by atoms with E-state index in [2.05, 4.69) is 14.7 Å². The molecule has 0 rings (SSSR count). The van der Waals surface area contributed by atoms with Crippen LogP contribution in [0.1, 0.15) is 0 Å². The van der Waals surface area contributed by atoms with Crippen LogP contribution >= 0.6 is 0 Å². The van der Waals surface area contributed by atoms with Crippen molar-refractivity contribution in [2.24, 2.45) is 5.11 Å². The van der Waals surface area contributed by atoms with Crippen LogP contribution in [0.5, 0.6) is 0 Å². The summed E-state index contributed by atoms with van der Waals surface area (Å²) in [5.74, 6) is -0.253. The predicted octanol–water partition coefficient (Wildman–Crippen LogP) is -0.792. The van der Waals surface area contributed by atoms with Crippen molar-refractivity contribution in [3.8, 4) is 0 Å². The van der Waals surface area contributed by atoms with Gasteiger partial charge in [0.05, 0.1) is 12.4 Å². The Morgan fingerprint density at radius 1 is 1.58 bits per heavy atom. The average Bonchev–Trinajstić information content (AvgIpc) is 2.01. The maximum Gasteiger partial charge on any atom is 0.211 e. The zero-order chi connectivity index (χ0) is 9.45. The van der Waals surface area contributed by atoms with Crippen LogP contribution in [0.2, 0.25) is 0 Å². The van der Waals surface area contributed by atoms with E-state index in [-0.39, 0.29) is 25.4 Å². The smallest absolute Gasteiger partial charge is 0.211 e. The summed E-state index contributed by atoms with van der Waals surface area (Å²) >= 11 is 0. The molecule has 2 N–H and O–H groups in total. The normalized spacial score (nSPS) is 10.8. The van der Waals surface area contributed by atoms with Crippen molar-refractivity contribution in [2.75, 3.05) is 25.4 Å². The lowest BCUT2D eigenvalue weighted by Crippen LogP contribution is -2.29. The number of hydrogen-bond acceptors (Lipinski definition) is 4. The maximum absolute atomic E-state index is 10.9. The monoisotopic (exact) mass is 194 g/mol. The SMILES string of the molecule is [N-]=[N+]=NCCS(=O)(=O)NCCO. The zero-order valence-electron chi connectivity index (χ0n) is 6.34. The number of rotatable bonds is 6. The molecule has 0 aliphatic carbocycles. The lowest BCUT2D eigenvalue weighted by Gasteiger charge is -2.01. The molecule has 0 aliphatic rings. The molecule has 7 nitrogen and oxygen atoms in total. The molecule has 0 heterocycles. The standard InChI is InChI=1S/C4H10N4O3S/c5-8-6-2-4-12(10,11)7-1-3-9/h7,9H,1-4H2. The minimum atomic E-state index is -3.39. The van der Waals surface area contributed by atoms with E-state index in [9.17, 15) is 8.42 Å². The molecule has 0 aromatic rings. The molecule has 0 radical (unpaired) electrons. The van der Waals surface area contributed by atoms with Crippen molar-refractivity contribution in [2.45, 2.75) is 0 Å². The summed E-state index contributed by atoms with van der Waals surface area (Å²) in [7, 11) is -3.39. The van der Waals surface area contributed by atoms with Crippen molar-refractivity contribution < 1.29 is 13.5 Å². The van der Waals surface area contributed by atoms with E-state index in [0.717, 1.165) is 0 Å². The Balaban J connectivity index is 3.80. The second kappa shape index (κ2) is 5.78. The summed E-state index contributed by atoms with van der Waals surface area (Å²) in [6.45, 7) is -0.364. The summed E-state index contributed by atoms with van der Waals surface area (Å²) in [5, 5.41) is 11.4. The van der Waals surface area contributed by atoms with Crippen molar-refractivity contribution in [3.05, 3.63) is 10.4 Å². The predicted molar refractivity (Wildman–Crippen MR) is 42.9 cm³/mol. The Bertz CT molecular complexity index is 255. The Hall–Kier alpha value is -0.820. The van der Waals surface area contributed by atoms with E-state index in [1.165, 1.54) is 0 Å². The lowest BCUT2D eigenvalue weighted by atomic mass is 10.8. The number of hydrogen-bond donors (Lipinski definition) is 2. The Morgan fingerprint density at radius 3 is 2.75 bits per heavy atom. The highest BCUT2D eigenvalue weighted by Gasteiger charge is 2.06. The first kappa shape index (κ1) is 11.2. The number of nitrogens with one attached hydrogen (secondary N) is 1. The quantitative estimate of drug-likeness (QED) is 0.328. The van der Waals surface area contributed by atoms with Crippen LogP contribution in [0.15, 0.2) is 5.11 Å². The van der Waals surface area contributed by atoms with Crippen molar-refractivity contribution in [1.82, 2.24) is 4.72 Å². The molecular formula is C4H10N4O3S. The van der Waals surface area contributed by atoms with Gasteiger partial charge in [-0.05, 0) is 5.53 Å². The molecule has 70 valence electrons. The third kappa shape index (κ3) is 5.93. The summed E-state index contributed by atoms with van der Waals surface area (Å²) < 4.78 is 23.8. The summed E-state index contributed by atoms with van der Waals surface area (Å²) in [6, 6.07) is 0. The van der Waals surface area contributed by atoms with Gasteiger partial charge in [-0.25, -0.2) is 13.1 Å². The number of sulfonamides is 1. The van der Waals surface area contributed by atoms with Gasteiger partial charge in [-0.1, -0.05) is 5.11 Å². The van der Waals surface area contributed by atoms with Gasteiger partial charge in [-0.15, -0.1) is 0 Å². The summed E-state index contributed by atoms with van der Waals surface area (Å²) in [6.07, 6.45) is 0. The van der Waals surface area contributed by atoms with Gasteiger partial charge >= 0.3 is 0 Å².